The molecule has 0 aliphatic carbocycles. The van der Waals surface area contributed by atoms with Crippen LogP contribution in [0.5, 0.6) is 0 Å². The van der Waals surface area contributed by atoms with Crippen molar-refractivity contribution in [3.63, 3.8) is 0 Å². The Morgan fingerprint density at radius 3 is 2.41 bits per heavy atom. The van der Waals surface area contributed by atoms with Gasteiger partial charge in [0.1, 0.15) is 0 Å². The van der Waals surface area contributed by atoms with Crippen LogP contribution in [0, 0.1) is 5.92 Å². The minimum atomic E-state index is -3.02. The Morgan fingerprint density at radius 2 is 1.81 bits per heavy atom. The molecule has 0 aromatic heterocycles. The van der Waals surface area contributed by atoms with Gasteiger partial charge in [-0.25, -0.2) is 8.42 Å². The molecule has 0 bridgehead atoms. The SMILES string of the molecule is CC(OC(=O)CC1CCS(=O)(=O)C1)C(=O)N1CCN(c2ccccc2)CC1. The molecular weight excluding hydrogens is 368 g/mol. The van der Waals surface area contributed by atoms with E-state index in [-0.39, 0.29) is 29.8 Å². The molecule has 0 N–H and O–H groups in total. The number of hydrogen-bond acceptors (Lipinski definition) is 6. The summed E-state index contributed by atoms with van der Waals surface area (Å²) < 4.78 is 28.2. The van der Waals surface area contributed by atoms with Gasteiger partial charge in [-0.2, -0.15) is 0 Å². The number of esters is 1. The molecule has 2 saturated heterocycles. The summed E-state index contributed by atoms with van der Waals surface area (Å²) in [7, 11) is -3.02. The molecule has 7 nitrogen and oxygen atoms in total. The summed E-state index contributed by atoms with van der Waals surface area (Å²) in [5.74, 6) is -0.730. The standard InChI is InChI=1S/C19H26N2O5S/c1-15(26-18(22)13-16-7-12-27(24,25)14-16)19(23)21-10-8-20(9-11-21)17-5-3-2-4-6-17/h2-6,15-16H,7-14H2,1H3. The second-order valence-electron chi connectivity index (χ2n) is 7.25. The van der Waals surface area contributed by atoms with Gasteiger partial charge in [0.05, 0.1) is 11.5 Å². The second kappa shape index (κ2) is 8.29. The van der Waals surface area contributed by atoms with E-state index in [1.165, 1.54) is 0 Å². The molecule has 2 unspecified atom stereocenters. The average Bonchev–Trinajstić information content (AvgIpc) is 3.00. The van der Waals surface area contributed by atoms with E-state index in [2.05, 4.69) is 4.90 Å². The van der Waals surface area contributed by atoms with Gasteiger partial charge in [0.15, 0.2) is 15.9 Å². The fraction of sp³-hybridized carbons (Fsp3) is 0.579. The molecule has 2 fully saturated rings. The normalized spacial score (nSPS) is 23.1. The number of para-hydroxylation sites is 1. The molecule has 3 rings (SSSR count). The van der Waals surface area contributed by atoms with Crippen LogP contribution in [-0.4, -0.2) is 69.0 Å². The highest BCUT2D eigenvalue weighted by Crippen LogP contribution is 2.22. The van der Waals surface area contributed by atoms with E-state index in [0.717, 1.165) is 18.8 Å². The Balaban J connectivity index is 1.44. The number of rotatable bonds is 5. The van der Waals surface area contributed by atoms with Crippen molar-refractivity contribution in [1.82, 2.24) is 4.90 Å². The third kappa shape index (κ3) is 5.22. The Bertz CT molecular complexity index is 773. The Kier molecular flexibility index (Phi) is 6.04. The topological polar surface area (TPSA) is 84.0 Å². The maximum Gasteiger partial charge on any atom is 0.306 e. The number of anilines is 1. The summed E-state index contributed by atoms with van der Waals surface area (Å²) in [6.07, 6.45) is -0.307. The molecule has 1 amide bonds. The number of carbonyl (C=O) groups excluding carboxylic acids is 2. The third-order valence-electron chi connectivity index (χ3n) is 5.15. The number of ether oxygens (including phenoxy) is 1. The third-order valence-corrected chi connectivity index (χ3v) is 6.99. The number of piperazine rings is 1. The van der Waals surface area contributed by atoms with Crippen LogP contribution in [-0.2, 0) is 24.2 Å². The van der Waals surface area contributed by atoms with Crippen molar-refractivity contribution in [3.8, 4) is 0 Å². The van der Waals surface area contributed by atoms with Crippen LogP contribution in [0.2, 0.25) is 0 Å². The van der Waals surface area contributed by atoms with E-state index in [1.807, 2.05) is 30.3 Å². The van der Waals surface area contributed by atoms with E-state index >= 15 is 0 Å². The number of nitrogens with zero attached hydrogens (tertiary/aromatic N) is 2. The zero-order chi connectivity index (χ0) is 19.4. The molecule has 2 heterocycles. The first-order chi connectivity index (χ1) is 12.8. The number of carbonyl (C=O) groups is 2. The molecule has 2 aliphatic heterocycles. The van der Waals surface area contributed by atoms with Crippen molar-refractivity contribution in [2.45, 2.75) is 25.9 Å². The van der Waals surface area contributed by atoms with Crippen LogP contribution in [0.4, 0.5) is 5.69 Å². The molecule has 0 radical (unpaired) electrons. The molecule has 148 valence electrons. The van der Waals surface area contributed by atoms with E-state index in [4.69, 9.17) is 4.74 Å². The quantitative estimate of drug-likeness (QED) is 0.695. The fourth-order valence-electron chi connectivity index (χ4n) is 3.65. The van der Waals surface area contributed by atoms with Gasteiger partial charge in [0.25, 0.3) is 5.91 Å². The number of hydrogen-bond donors (Lipinski definition) is 0. The zero-order valence-electron chi connectivity index (χ0n) is 15.5. The lowest BCUT2D eigenvalue weighted by atomic mass is 10.1. The maximum absolute atomic E-state index is 12.6. The number of amides is 1. The van der Waals surface area contributed by atoms with E-state index in [1.54, 1.807) is 11.8 Å². The van der Waals surface area contributed by atoms with Crippen LogP contribution in [0.1, 0.15) is 19.8 Å². The molecular formula is C19H26N2O5S. The molecule has 0 saturated carbocycles. The van der Waals surface area contributed by atoms with Crippen LogP contribution < -0.4 is 4.90 Å². The molecule has 2 aliphatic rings. The molecule has 0 spiro atoms. The van der Waals surface area contributed by atoms with Gasteiger partial charge in [-0.1, -0.05) is 18.2 Å². The van der Waals surface area contributed by atoms with Gasteiger partial charge < -0.3 is 14.5 Å². The Morgan fingerprint density at radius 1 is 1.15 bits per heavy atom. The van der Waals surface area contributed by atoms with Gasteiger partial charge in [-0.05, 0) is 31.4 Å². The average molecular weight is 394 g/mol. The minimum Gasteiger partial charge on any atom is -0.453 e. The van der Waals surface area contributed by atoms with Crippen LogP contribution >= 0.6 is 0 Å². The predicted octanol–water partition coefficient (Wildman–Crippen LogP) is 1.09. The molecule has 8 heteroatoms. The minimum absolute atomic E-state index is 0.0336. The molecule has 2 atom stereocenters. The van der Waals surface area contributed by atoms with Gasteiger partial charge in [0, 0.05) is 38.3 Å². The van der Waals surface area contributed by atoms with Crippen molar-refractivity contribution in [1.29, 1.82) is 0 Å². The van der Waals surface area contributed by atoms with Crippen LogP contribution in [0.25, 0.3) is 0 Å². The summed E-state index contributed by atoms with van der Waals surface area (Å²) >= 11 is 0. The van der Waals surface area contributed by atoms with Crippen LogP contribution in [0.15, 0.2) is 30.3 Å². The van der Waals surface area contributed by atoms with Gasteiger partial charge in [-0.15, -0.1) is 0 Å². The predicted molar refractivity (Wildman–Crippen MR) is 102 cm³/mol. The smallest absolute Gasteiger partial charge is 0.306 e. The second-order valence-corrected chi connectivity index (χ2v) is 9.48. The highest BCUT2D eigenvalue weighted by molar-refractivity contribution is 7.91. The summed E-state index contributed by atoms with van der Waals surface area (Å²) in [4.78, 5) is 28.5. The van der Waals surface area contributed by atoms with Crippen molar-refractivity contribution in [2.24, 2.45) is 5.92 Å². The van der Waals surface area contributed by atoms with Crippen molar-refractivity contribution in [3.05, 3.63) is 30.3 Å². The van der Waals surface area contributed by atoms with E-state index in [9.17, 15) is 18.0 Å². The highest BCUT2D eigenvalue weighted by Gasteiger charge is 2.32. The monoisotopic (exact) mass is 394 g/mol. The number of benzene rings is 1. The van der Waals surface area contributed by atoms with Crippen molar-refractivity contribution >= 4 is 27.4 Å². The van der Waals surface area contributed by atoms with Gasteiger partial charge >= 0.3 is 5.97 Å². The first-order valence-electron chi connectivity index (χ1n) is 9.33. The molecule has 27 heavy (non-hydrogen) atoms. The maximum atomic E-state index is 12.6. The lowest BCUT2D eigenvalue weighted by Crippen LogP contribution is -2.51. The zero-order valence-corrected chi connectivity index (χ0v) is 16.4. The van der Waals surface area contributed by atoms with Gasteiger partial charge in [0.2, 0.25) is 0 Å². The summed E-state index contributed by atoms with van der Waals surface area (Å²) in [5.41, 5.74) is 1.13. The Hall–Kier alpha value is -2.09. The summed E-state index contributed by atoms with van der Waals surface area (Å²) in [6, 6.07) is 10.0. The van der Waals surface area contributed by atoms with Crippen LogP contribution in [0.3, 0.4) is 0 Å². The van der Waals surface area contributed by atoms with E-state index in [0.29, 0.717) is 19.5 Å². The number of sulfone groups is 1. The van der Waals surface area contributed by atoms with E-state index < -0.39 is 21.9 Å². The lowest BCUT2D eigenvalue weighted by Gasteiger charge is -2.37. The fourth-order valence-corrected chi connectivity index (χ4v) is 5.51. The Labute approximate surface area is 160 Å². The molecule has 1 aromatic rings. The first-order valence-corrected chi connectivity index (χ1v) is 11.1. The van der Waals surface area contributed by atoms with Crippen molar-refractivity contribution in [2.75, 3.05) is 42.6 Å². The first kappa shape index (κ1) is 19.7. The largest absolute Gasteiger partial charge is 0.453 e. The summed E-state index contributed by atoms with van der Waals surface area (Å²) in [5, 5.41) is 0. The lowest BCUT2D eigenvalue weighted by molar-refractivity contribution is -0.159. The van der Waals surface area contributed by atoms with Crippen molar-refractivity contribution < 1.29 is 22.7 Å². The summed E-state index contributed by atoms with van der Waals surface area (Å²) in [6.45, 7) is 4.20. The highest BCUT2D eigenvalue weighted by atomic mass is 32.2. The molecule has 1 aromatic carbocycles. The van der Waals surface area contributed by atoms with Gasteiger partial charge in [-0.3, -0.25) is 9.59 Å².